The minimum Gasteiger partial charge on any atom is -0.384 e. The molecular weight excluding hydrogens is 256 g/mol. The first-order chi connectivity index (χ1) is 10.2. The second kappa shape index (κ2) is 5.71. The lowest BCUT2D eigenvalue weighted by Crippen LogP contribution is -2.03. The van der Waals surface area contributed by atoms with Gasteiger partial charge < -0.3 is 5.11 Å². The van der Waals surface area contributed by atoms with E-state index in [4.69, 9.17) is 0 Å². The Morgan fingerprint density at radius 2 is 1.62 bits per heavy atom. The zero-order valence-electron chi connectivity index (χ0n) is 12.5. The molecule has 0 aliphatic rings. The molecule has 0 aliphatic heterocycles. The first-order valence-corrected chi connectivity index (χ1v) is 7.46. The van der Waals surface area contributed by atoms with Crippen LogP contribution in [0.25, 0.3) is 10.8 Å². The normalized spacial score (nSPS) is 12.5. The molecule has 3 aromatic carbocycles. The van der Waals surface area contributed by atoms with Crippen molar-refractivity contribution in [2.45, 2.75) is 26.4 Å². The monoisotopic (exact) mass is 276 g/mol. The molecule has 1 N–H and O–H groups in total. The number of aliphatic hydroxyl groups excluding tert-OH is 1. The van der Waals surface area contributed by atoms with E-state index in [0.717, 1.165) is 28.5 Å². The van der Waals surface area contributed by atoms with Gasteiger partial charge in [-0.05, 0) is 46.4 Å². The maximum Gasteiger partial charge on any atom is 0.105 e. The van der Waals surface area contributed by atoms with Gasteiger partial charge in [-0.3, -0.25) is 0 Å². The lowest BCUT2D eigenvalue weighted by atomic mass is 9.91. The highest BCUT2D eigenvalue weighted by Crippen LogP contribution is 2.31. The molecule has 0 aliphatic carbocycles. The first kappa shape index (κ1) is 13.8. The molecule has 1 unspecified atom stereocenters. The summed E-state index contributed by atoms with van der Waals surface area (Å²) in [6.45, 7) is 4.20. The predicted molar refractivity (Wildman–Crippen MR) is 88.6 cm³/mol. The number of benzene rings is 3. The summed E-state index contributed by atoms with van der Waals surface area (Å²) in [5.41, 5.74) is 4.38. The van der Waals surface area contributed by atoms with Gasteiger partial charge in [0.25, 0.3) is 0 Å². The highest BCUT2D eigenvalue weighted by molar-refractivity contribution is 5.87. The van der Waals surface area contributed by atoms with Crippen LogP contribution in [0.3, 0.4) is 0 Å². The van der Waals surface area contributed by atoms with Crippen LogP contribution in [-0.4, -0.2) is 5.11 Å². The van der Waals surface area contributed by atoms with Crippen molar-refractivity contribution in [1.82, 2.24) is 0 Å². The molecule has 0 saturated carbocycles. The van der Waals surface area contributed by atoms with E-state index in [0.29, 0.717) is 0 Å². The number of aliphatic hydroxyl groups is 1. The molecule has 106 valence electrons. The maximum absolute atomic E-state index is 10.8. The zero-order valence-corrected chi connectivity index (χ0v) is 12.5. The minimum absolute atomic E-state index is 0.581. The summed E-state index contributed by atoms with van der Waals surface area (Å²) in [7, 11) is 0. The predicted octanol–water partition coefficient (Wildman–Crippen LogP) is 4.79. The number of fused-ring (bicyclic) bond motifs is 1. The van der Waals surface area contributed by atoms with E-state index in [2.05, 4.69) is 50.2 Å². The summed E-state index contributed by atoms with van der Waals surface area (Å²) in [5.74, 6) is 0. The van der Waals surface area contributed by atoms with Gasteiger partial charge in [-0.1, -0.05) is 67.6 Å². The van der Waals surface area contributed by atoms with Crippen molar-refractivity contribution < 1.29 is 5.11 Å². The van der Waals surface area contributed by atoms with Crippen LogP contribution in [0.2, 0.25) is 0 Å². The molecule has 0 bridgehead atoms. The van der Waals surface area contributed by atoms with Gasteiger partial charge in [0.2, 0.25) is 0 Å². The third-order valence-electron chi connectivity index (χ3n) is 4.17. The molecule has 0 heterocycles. The fraction of sp³-hybridized carbons (Fsp3) is 0.200. The Balaban J connectivity index is 2.12. The van der Waals surface area contributed by atoms with Crippen LogP contribution >= 0.6 is 0 Å². The van der Waals surface area contributed by atoms with Gasteiger partial charge in [-0.25, -0.2) is 0 Å². The van der Waals surface area contributed by atoms with Crippen molar-refractivity contribution >= 4 is 10.8 Å². The molecule has 3 aromatic rings. The van der Waals surface area contributed by atoms with Crippen molar-refractivity contribution in [3.8, 4) is 0 Å². The summed E-state index contributed by atoms with van der Waals surface area (Å²) in [6.07, 6.45) is 0.436. The van der Waals surface area contributed by atoms with Gasteiger partial charge in [-0.15, -0.1) is 0 Å². The molecule has 1 nitrogen and oxygen atoms in total. The second-order valence-electron chi connectivity index (χ2n) is 5.51. The Kier molecular flexibility index (Phi) is 3.76. The molecule has 1 atom stereocenters. The third-order valence-corrected chi connectivity index (χ3v) is 4.17. The van der Waals surface area contributed by atoms with Crippen molar-refractivity contribution in [3.63, 3.8) is 0 Å². The highest BCUT2D eigenvalue weighted by Gasteiger charge is 2.15. The highest BCUT2D eigenvalue weighted by atomic mass is 16.3. The molecule has 0 fully saturated rings. The molecule has 1 heteroatoms. The second-order valence-corrected chi connectivity index (χ2v) is 5.51. The third kappa shape index (κ3) is 2.57. The van der Waals surface area contributed by atoms with Crippen molar-refractivity contribution in [3.05, 3.63) is 82.9 Å². The van der Waals surface area contributed by atoms with E-state index in [1.807, 2.05) is 24.3 Å². The molecule has 0 saturated heterocycles. The van der Waals surface area contributed by atoms with Gasteiger partial charge in [-0.2, -0.15) is 0 Å². The van der Waals surface area contributed by atoms with Crippen LogP contribution in [-0.2, 0) is 6.42 Å². The summed E-state index contributed by atoms with van der Waals surface area (Å²) in [4.78, 5) is 0. The van der Waals surface area contributed by atoms with Crippen LogP contribution in [0.5, 0.6) is 0 Å². The Bertz CT molecular complexity index is 756. The van der Waals surface area contributed by atoms with Crippen LogP contribution in [0, 0.1) is 6.92 Å². The van der Waals surface area contributed by atoms with E-state index in [-0.39, 0.29) is 0 Å². The average molecular weight is 276 g/mol. The topological polar surface area (TPSA) is 20.2 Å². The number of hydrogen-bond acceptors (Lipinski definition) is 1. The quantitative estimate of drug-likeness (QED) is 0.729. The van der Waals surface area contributed by atoms with Crippen molar-refractivity contribution in [2.24, 2.45) is 0 Å². The van der Waals surface area contributed by atoms with Gasteiger partial charge in [0.15, 0.2) is 0 Å². The van der Waals surface area contributed by atoms with E-state index < -0.39 is 6.10 Å². The van der Waals surface area contributed by atoms with Gasteiger partial charge in [0.1, 0.15) is 6.10 Å². The average Bonchev–Trinajstić information content (AvgIpc) is 2.54. The van der Waals surface area contributed by atoms with Gasteiger partial charge in [0.05, 0.1) is 0 Å². The summed E-state index contributed by atoms with van der Waals surface area (Å²) in [6, 6.07) is 20.7. The molecule has 0 spiro atoms. The Hall–Kier alpha value is -2.12. The maximum atomic E-state index is 10.8. The van der Waals surface area contributed by atoms with E-state index in [9.17, 15) is 5.11 Å². The summed E-state index contributed by atoms with van der Waals surface area (Å²) in [5, 5.41) is 13.1. The van der Waals surface area contributed by atoms with E-state index in [1.54, 1.807) is 0 Å². The molecule has 0 aromatic heterocycles. The van der Waals surface area contributed by atoms with Crippen LogP contribution in [0.4, 0.5) is 0 Å². The molecule has 0 radical (unpaired) electrons. The largest absolute Gasteiger partial charge is 0.384 e. The lowest BCUT2D eigenvalue weighted by Gasteiger charge is -2.17. The fourth-order valence-electron chi connectivity index (χ4n) is 2.87. The SMILES string of the molecule is CCc1ccc(C(O)c2c(C)ccc3ccccc23)cc1. The number of aryl methyl sites for hydroxylation is 2. The summed E-state index contributed by atoms with van der Waals surface area (Å²) >= 11 is 0. The van der Waals surface area contributed by atoms with E-state index in [1.165, 1.54) is 10.9 Å². The van der Waals surface area contributed by atoms with Crippen LogP contribution in [0.15, 0.2) is 60.7 Å². The zero-order chi connectivity index (χ0) is 14.8. The Morgan fingerprint density at radius 3 is 2.33 bits per heavy atom. The Morgan fingerprint density at radius 1 is 0.905 bits per heavy atom. The minimum atomic E-state index is -0.581. The van der Waals surface area contributed by atoms with Crippen LogP contribution < -0.4 is 0 Å². The standard InChI is InChI=1S/C20H20O/c1-3-15-9-12-17(13-10-15)20(21)19-14(2)8-11-16-6-4-5-7-18(16)19/h4-13,20-21H,3H2,1-2H3. The smallest absolute Gasteiger partial charge is 0.105 e. The van der Waals surface area contributed by atoms with Crippen LogP contribution in [0.1, 0.15) is 35.3 Å². The first-order valence-electron chi connectivity index (χ1n) is 7.46. The van der Waals surface area contributed by atoms with Gasteiger partial charge >= 0.3 is 0 Å². The molecule has 21 heavy (non-hydrogen) atoms. The number of rotatable bonds is 3. The molecule has 3 rings (SSSR count). The molecular formula is C20H20O. The Labute approximate surface area is 125 Å². The summed E-state index contributed by atoms with van der Waals surface area (Å²) < 4.78 is 0. The fourth-order valence-corrected chi connectivity index (χ4v) is 2.87. The molecule has 0 amide bonds. The van der Waals surface area contributed by atoms with Crippen molar-refractivity contribution in [1.29, 1.82) is 0 Å². The van der Waals surface area contributed by atoms with E-state index >= 15 is 0 Å². The van der Waals surface area contributed by atoms with Crippen molar-refractivity contribution in [2.75, 3.05) is 0 Å². The number of hydrogen-bond donors (Lipinski definition) is 1. The van der Waals surface area contributed by atoms with Gasteiger partial charge in [0, 0.05) is 0 Å². The lowest BCUT2D eigenvalue weighted by molar-refractivity contribution is 0.221.